The molecule has 0 fully saturated rings. The number of pyridine rings is 1. The highest BCUT2D eigenvalue weighted by atomic mass is 19.1. The zero-order chi connectivity index (χ0) is 23.3. The van der Waals surface area contributed by atoms with E-state index >= 15 is 0 Å². The van der Waals surface area contributed by atoms with Gasteiger partial charge in [-0.3, -0.25) is 14.4 Å². The molecule has 0 radical (unpaired) electrons. The van der Waals surface area contributed by atoms with E-state index < -0.39 is 17.3 Å². The van der Waals surface area contributed by atoms with E-state index in [0.29, 0.717) is 12.1 Å². The highest BCUT2D eigenvalue weighted by molar-refractivity contribution is 5.94. The van der Waals surface area contributed by atoms with Gasteiger partial charge < -0.3 is 14.8 Å². The Balaban J connectivity index is 1.76. The van der Waals surface area contributed by atoms with Crippen LogP contribution in [0, 0.1) is 11.6 Å². The number of carbonyl (C=O) groups excluding carboxylic acids is 2. The number of hydrogen-bond acceptors (Lipinski definition) is 3. The van der Waals surface area contributed by atoms with E-state index in [1.165, 1.54) is 59.6 Å². The lowest BCUT2D eigenvalue weighted by molar-refractivity contribution is -0.116. The van der Waals surface area contributed by atoms with Crippen LogP contribution in [-0.2, 0) is 11.3 Å². The van der Waals surface area contributed by atoms with Crippen LogP contribution >= 0.6 is 0 Å². The van der Waals surface area contributed by atoms with Crippen LogP contribution in [0.25, 0.3) is 0 Å². The maximum atomic E-state index is 13.3. The third kappa shape index (κ3) is 5.46. The fourth-order valence-electron chi connectivity index (χ4n) is 3.43. The average molecular weight is 439 g/mol. The van der Waals surface area contributed by atoms with Crippen molar-refractivity contribution in [1.29, 1.82) is 0 Å². The maximum Gasteiger partial charge on any atom is 0.255 e. The summed E-state index contributed by atoms with van der Waals surface area (Å²) in [6, 6.07) is 13.5. The van der Waals surface area contributed by atoms with Crippen molar-refractivity contribution in [2.75, 3.05) is 12.4 Å². The summed E-state index contributed by atoms with van der Waals surface area (Å²) in [4.78, 5) is 39.1. The van der Waals surface area contributed by atoms with Crippen molar-refractivity contribution in [1.82, 2.24) is 9.47 Å². The quantitative estimate of drug-likeness (QED) is 0.605. The molecule has 0 aliphatic carbocycles. The Morgan fingerprint density at radius 2 is 1.56 bits per heavy atom. The fraction of sp³-hybridized carbons (Fsp3) is 0.208. The van der Waals surface area contributed by atoms with Crippen molar-refractivity contribution >= 4 is 17.5 Å². The number of hydrogen-bond donors (Lipinski definition) is 1. The third-order valence-electron chi connectivity index (χ3n) is 5.10. The van der Waals surface area contributed by atoms with E-state index in [0.717, 1.165) is 10.1 Å². The second kappa shape index (κ2) is 10.00. The molecular formula is C24H23F2N3O3. The molecule has 1 heterocycles. The van der Waals surface area contributed by atoms with Crippen molar-refractivity contribution in [3.8, 4) is 0 Å². The van der Waals surface area contributed by atoms with Crippen LogP contribution in [0.4, 0.5) is 14.5 Å². The predicted molar refractivity (Wildman–Crippen MR) is 117 cm³/mol. The van der Waals surface area contributed by atoms with Crippen LogP contribution in [0.1, 0.15) is 35.3 Å². The molecule has 6 nitrogen and oxygen atoms in total. The summed E-state index contributed by atoms with van der Waals surface area (Å²) in [5, 5.41) is 2.58. The molecule has 3 rings (SSSR count). The number of benzene rings is 2. The predicted octanol–water partition coefficient (Wildman–Crippen LogP) is 3.99. The lowest BCUT2D eigenvalue weighted by atomic mass is 10.0. The first kappa shape index (κ1) is 22.9. The van der Waals surface area contributed by atoms with Gasteiger partial charge >= 0.3 is 0 Å². The van der Waals surface area contributed by atoms with Crippen molar-refractivity contribution in [3.05, 3.63) is 100.0 Å². The minimum absolute atomic E-state index is 0.238. The summed E-state index contributed by atoms with van der Waals surface area (Å²) < 4.78 is 27.4. The molecular weight excluding hydrogens is 416 g/mol. The fourth-order valence-corrected chi connectivity index (χ4v) is 3.43. The third-order valence-corrected chi connectivity index (χ3v) is 5.10. The molecule has 32 heavy (non-hydrogen) atoms. The number of rotatable bonds is 7. The highest BCUT2D eigenvalue weighted by Crippen LogP contribution is 2.24. The number of nitrogens with one attached hydrogen (secondary N) is 1. The molecule has 0 spiro atoms. The second-order valence-electron chi connectivity index (χ2n) is 7.33. The van der Waals surface area contributed by atoms with E-state index in [1.54, 1.807) is 19.2 Å². The van der Waals surface area contributed by atoms with Crippen LogP contribution in [0.3, 0.4) is 0 Å². The van der Waals surface area contributed by atoms with Gasteiger partial charge in [0.25, 0.3) is 11.5 Å². The standard InChI is InChI=1S/C24H23F2N3O3/c1-3-21(16-4-7-18(25)8-5-16)28(2)24(32)17-6-13-23(31)29(14-17)15-22(30)27-20-11-9-19(26)10-12-20/h4-14,21H,3,15H2,1-2H3,(H,27,30). The van der Waals surface area contributed by atoms with Crippen molar-refractivity contribution < 1.29 is 18.4 Å². The Morgan fingerprint density at radius 3 is 2.16 bits per heavy atom. The average Bonchev–Trinajstić information content (AvgIpc) is 2.78. The zero-order valence-electron chi connectivity index (χ0n) is 17.7. The molecule has 1 N–H and O–H groups in total. The zero-order valence-corrected chi connectivity index (χ0v) is 17.7. The Morgan fingerprint density at radius 1 is 0.969 bits per heavy atom. The van der Waals surface area contributed by atoms with Crippen LogP contribution in [0.5, 0.6) is 0 Å². The van der Waals surface area contributed by atoms with Crippen molar-refractivity contribution in [2.24, 2.45) is 0 Å². The number of aromatic nitrogens is 1. The molecule has 1 aromatic heterocycles. The molecule has 0 aliphatic heterocycles. The largest absolute Gasteiger partial charge is 0.335 e. The Kier molecular flexibility index (Phi) is 7.14. The summed E-state index contributed by atoms with van der Waals surface area (Å²) in [5.41, 5.74) is 0.976. The van der Waals surface area contributed by atoms with E-state index in [-0.39, 0.29) is 29.9 Å². The van der Waals surface area contributed by atoms with Gasteiger partial charge in [-0.25, -0.2) is 8.78 Å². The SMILES string of the molecule is CCC(c1ccc(F)cc1)N(C)C(=O)c1ccc(=O)n(CC(=O)Nc2ccc(F)cc2)c1. The smallest absolute Gasteiger partial charge is 0.255 e. The van der Waals surface area contributed by atoms with E-state index in [4.69, 9.17) is 0 Å². The number of nitrogens with zero attached hydrogens (tertiary/aromatic N) is 2. The molecule has 0 bridgehead atoms. The van der Waals surface area contributed by atoms with Gasteiger partial charge in [0.15, 0.2) is 0 Å². The Hall–Kier alpha value is -3.81. The molecule has 8 heteroatoms. The van der Waals surface area contributed by atoms with Gasteiger partial charge in [0.1, 0.15) is 18.2 Å². The topological polar surface area (TPSA) is 71.4 Å². The lowest BCUT2D eigenvalue weighted by Crippen LogP contribution is -2.33. The molecule has 2 aromatic carbocycles. The number of anilines is 1. The molecule has 166 valence electrons. The number of halogens is 2. The van der Waals surface area contributed by atoms with Gasteiger partial charge in [0.2, 0.25) is 5.91 Å². The van der Waals surface area contributed by atoms with Gasteiger partial charge in [-0.1, -0.05) is 19.1 Å². The number of carbonyl (C=O) groups is 2. The Bertz CT molecular complexity index is 1160. The summed E-state index contributed by atoms with van der Waals surface area (Å²) in [6.45, 7) is 1.61. The van der Waals surface area contributed by atoms with Crippen LogP contribution in [-0.4, -0.2) is 28.3 Å². The van der Waals surface area contributed by atoms with Crippen molar-refractivity contribution in [3.63, 3.8) is 0 Å². The first-order valence-corrected chi connectivity index (χ1v) is 10.1. The molecule has 1 unspecified atom stereocenters. The maximum absolute atomic E-state index is 13.3. The normalized spacial score (nSPS) is 11.6. The molecule has 1 atom stereocenters. The van der Waals surface area contributed by atoms with E-state index in [2.05, 4.69) is 5.32 Å². The minimum atomic E-state index is -0.491. The summed E-state index contributed by atoms with van der Waals surface area (Å²) in [5.74, 6) is -1.62. The van der Waals surface area contributed by atoms with Gasteiger partial charge in [-0.2, -0.15) is 0 Å². The molecule has 2 amide bonds. The van der Waals surface area contributed by atoms with Crippen LogP contribution in [0.15, 0.2) is 71.7 Å². The summed E-state index contributed by atoms with van der Waals surface area (Å²) >= 11 is 0. The van der Waals surface area contributed by atoms with Gasteiger partial charge in [-0.15, -0.1) is 0 Å². The summed E-state index contributed by atoms with van der Waals surface area (Å²) in [7, 11) is 1.64. The van der Waals surface area contributed by atoms with Crippen LogP contribution in [0.2, 0.25) is 0 Å². The molecule has 0 saturated carbocycles. The molecule has 3 aromatic rings. The van der Waals surface area contributed by atoms with E-state index in [9.17, 15) is 23.2 Å². The molecule has 0 aliphatic rings. The van der Waals surface area contributed by atoms with E-state index in [1.807, 2.05) is 6.92 Å². The molecule has 0 saturated heterocycles. The monoisotopic (exact) mass is 439 g/mol. The van der Waals surface area contributed by atoms with Crippen LogP contribution < -0.4 is 10.9 Å². The second-order valence-corrected chi connectivity index (χ2v) is 7.33. The highest BCUT2D eigenvalue weighted by Gasteiger charge is 2.22. The van der Waals surface area contributed by atoms with Crippen molar-refractivity contribution in [2.45, 2.75) is 25.9 Å². The Labute approximate surface area is 184 Å². The van der Waals surface area contributed by atoms with Gasteiger partial charge in [0.05, 0.1) is 11.6 Å². The van der Waals surface area contributed by atoms with Gasteiger partial charge in [0, 0.05) is 25.0 Å². The first-order chi connectivity index (χ1) is 15.3. The lowest BCUT2D eigenvalue weighted by Gasteiger charge is -2.28. The minimum Gasteiger partial charge on any atom is -0.335 e. The summed E-state index contributed by atoms with van der Waals surface area (Å²) in [6.07, 6.45) is 1.94. The first-order valence-electron chi connectivity index (χ1n) is 10.1. The number of amides is 2. The van der Waals surface area contributed by atoms with Gasteiger partial charge in [-0.05, 0) is 54.4 Å².